The SMILES string of the molecule is CC(C)(CC(=O)O)CC(=O)N1C[C@@H](O)[C@H](n2cnc3c(N)ncnc32)C1. The molecule has 0 radical (unpaired) electrons. The monoisotopic (exact) mass is 362 g/mol. The summed E-state index contributed by atoms with van der Waals surface area (Å²) in [6, 6.07) is -0.402. The van der Waals surface area contributed by atoms with Crippen molar-refractivity contribution in [3.05, 3.63) is 12.7 Å². The molecule has 2 aromatic heterocycles. The lowest BCUT2D eigenvalue weighted by Gasteiger charge is -2.25. The Balaban J connectivity index is 1.76. The van der Waals surface area contributed by atoms with Crippen molar-refractivity contribution in [1.82, 2.24) is 24.4 Å². The fraction of sp³-hybridized carbons (Fsp3) is 0.562. The Labute approximate surface area is 149 Å². The van der Waals surface area contributed by atoms with Crippen LogP contribution in [0.3, 0.4) is 0 Å². The Bertz CT molecular complexity index is 848. The van der Waals surface area contributed by atoms with E-state index in [4.69, 9.17) is 10.8 Å². The van der Waals surface area contributed by atoms with Crippen LogP contribution in [0.2, 0.25) is 0 Å². The number of aliphatic hydroxyl groups is 1. The number of carboxylic acid groups (broad SMARTS) is 1. The molecule has 10 heteroatoms. The number of anilines is 1. The number of aliphatic carboxylic acids is 1. The van der Waals surface area contributed by atoms with Gasteiger partial charge in [0.2, 0.25) is 5.91 Å². The Morgan fingerprint density at radius 3 is 2.69 bits per heavy atom. The van der Waals surface area contributed by atoms with Crippen molar-refractivity contribution in [3.63, 3.8) is 0 Å². The van der Waals surface area contributed by atoms with Crippen LogP contribution in [0.4, 0.5) is 5.82 Å². The second-order valence-electron chi connectivity index (χ2n) is 7.43. The minimum absolute atomic E-state index is 0.0958. The number of aromatic nitrogens is 4. The molecule has 10 nitrogen and oxygen atoms in total. The molecule has 0 saturated carbocycles. The van der Waals surface area contributed by atoms with Crippen molar-refractivity contribution in [3.8, 4) is 0 Å². The largest absolute Gasteiger partial charge is 0.481 e. The molecule has 0 aliphatic carbocycles. The first kappa shape index (κ1) is 18.1. The smallest absolute Gasteiger partial charge is 0.303 e. The summed E-state index contributed by atoms with van der Waals surface area (Å²) in [6.07, 6.45) is 2.08. The molecule has 1 amide bonds. The fourth-order valence-electron chi connectivity index (χ4n) is 3.35. The van der Waals surface area contributed by atoms with Crippen molar-refractivity contribution >= 4 is 28.9 Å². The molecule has 4 N–H and O–H groups in total. The first-order valence-electron chi connectivity index (χ1n) is 8.28. The fourth-order valence-corrected chi connectivity index (χ4v) is 3.35. The second kappa shape index (κ2) is 6.52. The van der Waals surface area contributed by atoms with E-state index in [2.05, 4.69) is 15.0 Å². The normalized spacial score (nSPS) is 20.7. The van der Waals surface area contributed by atoms with E-state index in [9.17, 15) is 14.7 Å². The summed E-state index contributed by atoms with van der Waals surface area (Å²) < 4.78 is 1.70. The standard InChI is InChI=1S/C16H22N6O4/c1-16(2,4-12(25)26)3-11(24)21-5-9(10(23)6-21)22-8-20-13-14(17)18-7-19-15(13)22/h7-10,23H,3-6H2,1-2H3,(H,25,26)(H2,17,18,19)/t9-,10-/m1/s1. The van der Waals surface area contributed by atoms with Gasteiger partial charge in [-0.15, -0.1) is 0 Å². The van der Waals surface area contributed by atoms with E-state index in [1.807, 2.05) is 0 Å². The molecule has 0 spiro atoms. The summed E-state index contributed by atoms with van der Waals surface area (Å²) >= 11 is 0. The molecule has 0 unspecified atom stereocenters. The van der Waals surface area contributed by atoms with E-state index in [-0.39, 0.29) is 31.1 Å². The Kier molecular flexibility index (Phi) is 4.53. The van der Waals surface area contributed by atoms with Gasteiger partial charge in [-0.3, -0.25) is 9.59 Å². The minimum atomic E-state index is -0.940. The number of amides is 1. The molecule has 140 valence electrons. The van der Waals surface area contributed by atoms with Crippen molar-refractivity contribution in [2.75, 3.05) is 18.8 Å². The number of likely N-dealkylation sites (tertiary alicyclic amines) is 1. The van der Waals surface area contributed by atoms with Gasteiger partial charge in [-0.25, -0.2) is 15.0 Å². The average Bonchev–Trinajstić information content (AvgIpc) is 3.09. The van der Waals surface area contributed by atoms with Gasteiger partial charge in [0, 0.05) is 19.5 Å². The highest BCUT2D eigenvalue weighted by Crippen LogP contribution is 2.30. The van der Waals surface area contributed by atoms with E-state index in [1.165, 1.54) is 12.7 Å². The van der Waals surface area contributed by atoms with Gasteiger partial charge in [-0.1, -0.05) is 13.8 Å². The van der Waals surface area contributed by atoms with E-state index in [1.54, 1.807) is 23.3 Å². The maximum absolute atomic E-state index is 12.6. The molecule has 26 heavy (non-hydrogen) atoms. The van der Waals surface area contributed by atoms with Crippen molar-refractivity contribution in [2.45, 2.75) is 38.8 Å². The van der Waals surface area contributed by atoms with Crippen LogP contribution in [-0.4, -0.2) is 65.7 Å². The van der Waals surface area contributed by atoms with Crippen LogP contribution in [0, 0.1) is 5.41 Å². The molecule has 3 rings (SSSR count). The van der Waals surface area contributed by atoms with E-state index >= 15 is 0 Å². The lowest BCUT2D eigenvalue weighted by molar-refractivity contribution is -0.140. The third kappa shape index (κ3) is 3.45. The topological polar surface area (TPSA) is 147 Å². The number of hydrogen-bond donors (Lipinski definition) is 3. The summed E-state index contributed by atoms with van der Waals surface area (Å²) in [6.45, 7) is 3.95. The highest BCUT2D eigenvalue weighted by atomic mass is 16.4. The molecular formula is C16H22N6O4. The van der Waals surface area contributed by atoms with Gasteiger partial charge in [0.1, 0.15) is 11.8 Å². The van der Waals surface area contributed by atoms with Crippen LogP contribution >= 0.6 is 0 Å². The van der Waals surface area contributed by atoms with Crippen LogP contribution in [-0.2, 0) is 9.59 Å². The van der Waals surface area contributed by atoms with Crippen molar-refractivity contribution < 1.29 is 19.8 Å². The van der Waals surface area contributed by atoms with Gasteiger partial charge >= 0.3 is 5.97 Å². The van der Waals surface area contributed by atoms with Crippen molar-refractivity contribution in [2.24, 2.45) is 5.41 Å². The predicted octanol–water partition coefficient (Wildman–Crippen LogP) is 0.0437. The number of aliphatic hydroxyl groups excluding tert-OH is 1. The number of nitrogen functional groups attached to an aromatic ring is 1. The van der Waals surface area contributed by atoms with Gasteiger partial charge in [-0.05, 0) is 5.41 Å². The van der Waals surface area contributed by atoms with E-state index in [0.717, 1.165) is 0 Å². The number of nitrogens with zero attached hydrogens (tertiary/aromatic N) is 5. The lowest BCUT2D eigenvalue weighted by Crippen LogP contribution is -2.34. The van der Waals surface area contributed by atoms with Gasteiger partial charge in [0.25, 0.3) is 0 Å². The quantitative estimate of drug-likeness (QED) is 0.675. The first-order valence-corrected chi connectivity index (χ1v) is 8.28. The van der Waals surface area contributed by atoms with Crippen LogP contribution < -0.4 is 5.73 Å². The Hall–Kier alpha value is -2.75. The molecule has 1 aliphatic heterocycles. The minimum Gasteiger partial charge on any atom is -0.481 e. The Morgan fingerprint density at radius 1 is 1.27 bits per heavy atom. The summed E-state index contributed by atoms with van der Waals surface area (Å²) in [5.41, 5.74) is 6.08. The highest BCUT2D eigenvalue weighted by molar-refractivity contribution is 5.81. The second-order valence-corrected chi connectivity index (χ2v) is 7.43. The zero-order valence-electron chi connectivity index (χ0n) is 14.7. The maximum atomic E-state index is 12.6. The summed E-state index contributed by atoms with van der Waals surface area (Å²) in [7, 11) is 0. The predicted molar refractivity (Wildman–Crippen MR) is 92.0 cm³/mol. The number of carboxylic acids is 1. The maximum Gasteiger partial charge on any atom is 0.303 e. The zero-order chi connectivity index (χ0) is 19.1. The lowest BCUT2D eigenvalue weighted by atomic mass is 9.85. The van der Waals surface area contributed by atoms with E-state index in [0.29, 0.717) is 17.7 Å². The Morgan fingerprint density at radius 2 is 2.00 bits per heavy atom. The highest BCUT2D eigenvalue weighted by Gasteiger charge is 2.38. The zero-order valence-corrected chi connectivity index (χ0v) is 14.7. The van der Waals surface area contributed by atoms with Gasteiger partial charge < -0.3 is 25.4 Å². The summed E-state index contributed by atoms with van der Waals surface area (Å²) in [5.74, 6) is -0.870. The first-order chi connectivity index (χ1) is 12.2. The molecule has 2 atom stereocenters. The molecule has 1 saturated heterocycles. The summed E-state index contributed by atoms with van der Waals surface area (Å²) in [4.78, 5) is 37.3. The van der Waals surface area contributed by atoms with Crippen LogP contribution in [0.1, 0.15) is 32.7 Å². The number of fused-ring (bicyclic) bond motifs is 1. The number of hydrogen-bond acceptors (Lipinski definition) is 7. The van der Waals surface area contributed by atoms with Crippen LogP contribution in [0.25, 0.3) is 11.2 Å². The molecule has 1 aliphatic rings. The third-order valence-corrected chi connectivity index (χ3v) is 4.62. The number of imidazole rings is 1. The van der Waals surface area contributed by atoms with Gasteiger partial charge in [-0.2, -0.15) is 0 Å². The molecular weight excluding hydrogens is 340 g/mol. The number of β-amino-alcohol motifs (C(OH)–C–C–N with tert-alkyl or cyclic N) is 1. The van der Waals surface area contributed by atoms with Crippen LogP contribution in [0.15, 0.2) is 12.7 Å². The number of carbonyl (C=O) groups excluding carboxylic acids is 1. The molecule has 3 heterocycles. The van der Waals surface area contributed by atoms with Crippen LogP contribution in [0.5, 0.6) is 0 Å². The average molecular weight is 362 g/mol. The molecule has 1 fully saturated rings. The third-order valence-electron chi connectivity index (χ3n) is 4.62. The number of carbonyl (C=O) groups is 2. The molecule has 2 aromatic rings. The summed E-state index contributed by atoms with van der Waals surface area (Å²) in [5, 5.41) is 19.4. The van der Waals surface area contributed by atoms with Gasteiger partial charge in [0.15, 0.2) is 11.5 Å². The molecule has 0 aromatic carbocycles. The van der Waals surface area contributed by atoms with Gasteiger partial charge in [0.05, 0.1) is 24.9 Å². The van der Waals surface area contributed by atoms with E-state index < -0.39 is 23.5 Å². The number of rotatable bonds is 5. The number of nitrogens with two attached hydrogens (primary N) is 1. The molecule has 0 bridgehead atoms. The van der Waals surface area contributed by atoms with Crippen molar-refractivity contribution in [1.29, 1.82) is 0 Å².